The molecule has 106 valence electrons. The zero-order valence-electron chi connectivity index (χ0n) is 11.4. The number of aromatic nitrogens is 4. The van der Waals surface area contributed by atoms with Crippen molar-refractivity contribution in [2.45, 2.75) is 6.54 Å². The molecule has 1 amide bonds. The molecule has 2 aromatic heterocycles. The average Bonchev–Trinajstić information content (AvgIpc) is 3.16. The maximum atomic E-state index is 12.2. The molecule has 0 aliphatic carbocycles. The van der Waals surface area contributed by atoms with Gasteiger partial charge in [0.1, 0.15) is 0 Å². The highest BCUT2D eigenvalue weighted by molar-refractivity contribution is 7.09. The number of amides is 1. The van der Waals surface area contributed by atoms with E-state index >= 15 is 0 Å². The van der Waals surface area contributed by atoms with Crippen LogP contribution < -0.4 is 5.32 Å². The molecule has 0 spiro atoms. The Balaban J connectivity index is 1.76. The molecule has 7 heteroatoms. The summed E-state index contributed by atoms with van der Waals surface area (Å²) < 4.78 is 1.57. The monoisotopic (exact) mass is 299 g/mol. The highest BCUT2D eigenvalue weighted by Crippen LogP contribution is 2.16. The minimum Gasteiger partial charge on any atom is -0.347 e. The van der Waals surface area contributed by atoms with Gasteiger partial charge in [-0.15, -0.1) is 16.4 Å². The lowest BCUT2D eigenvalue weighted by molar-refractivity contribution is 0.0951. The van der Waals surface area contributed by atoms with E-state index in [1.807, 2.05) is 29.6 Å². The summed E-state index contributed by atoms with van der Waals surface area (Å²) in [5.41, 5.74) is 1.40. The molecule has 0 saturated heterocycles. The highest BCUT2D eigenvalue weighted by atomic mass is 32.1. The molecular formula is C14H13N5OS. The third-order valence-corrected chi connectivity index (χ3v) is 3.88. The van der Waals surface area contributed by atoms with Gasteiger partial charge in [-0.2, -0.15) is 0 Å². The Morgan fingerprint density at radius 2 is 2.24 bits per heavy atom. The predicted octanol–water partition coefficient (Wildman–Crippen LogP) is 1.87. The van der Waals surface area contributed by atoms with Gasteiger partial charge in [-0.25, -0.2) is 4.68 Å². The summed E-state index contributed by atoms with van der Waals surface area (Å²) in [4.78, 5) is 13.3. The van der Waals surface area contributed by atoms with Gasteiger partial charge in [0.15, 0.2) is 5.82 Å². The van der Waals surface area contributed by atoms with E-state index in [1.54, 1.807) is 35.2 Å². The lowest BCUT2D eigenvalue weighted by Crippen LogP contribution is -2.22. The summed E-state index contributed by atoms with van der Waals surface area (Å²) in [5.74, 6) is 0.517. The largest absolute Gasteiger partial charge is 0.347 e. The van der Waals surface area contributed by atoms with Gasteiger partial charge in [0.25, 0.3) is 5.91 Å². The summed E-state index contributed by atoms with van der Waals surface area (Å²) in [6, 6.07) is 11.2. The molecule has 3 aromatic rings. The van der Waals surface area contributed by atoms with Crippen molar-refractivity contribution in [1.29, 1.82) is 0 Å². The zero-order valence-corrected chi connectivity index (χ0v) is 12.2. The van der Waals surface area contributed by atoms with Crippen LogP contribution in [0.25, 0.3) is 11.4 Å². The molecule has 21 heavy (non-hydrogen) atoms. The SMILES string of the molecule is Cn1nnnc1-c1cccc(C(=O)NCc2cccs2)c1. The van der Waals surface area contributed by atoms with Crippen molar-refractivity contribution in [3.63, 3.8) is 0 Å². The van der Waals surface area contributed by atoms with Gasteiger partial charge >= 0.3 is 0 Å². The number of carbonyl (C=O) groups is 1. The van der Waals surface area contributed by atoms with E-state index in [2.05, 4.69) is 20.8 Å². The lowest BCUT2D eigenvalue weighted by atomic mass is 10.1. The lowest BCUT2D eigenvalue weighted by Gasteiger charge is -2.05. The number of nitrogens with zero attached hydrogens (tertiary/aromatic N) is 4. The van der Waals surface area contributed by atoms with Crippen LogP contribution in [0.3, 0.4) is 0 Å². The van der Waals surface area contributed by atoms with Crippen LogP contribution in [-0.4, -0.2) is 26.1 Å². The van der Waals surface area contributed by atoms with E-state index in [4.69, 9.17) is 0 Å². The van der Waals surface area contributed by atoms with Crippen LogP contribution in [0.1, 0.15) is 15.2 Å². The molecular weight excluding hydrogens is 286 g/mol. The molecule has 0 fully saturated rings. The van der Waals surface area contributed by atoms with E-state index in [0.29, 0.717) is 17.9 Å². The first-order valence-electron chi connectivity index (χ1n) is 6.37. The van der Waals surface area contributed by atoms with Crippen LogP contribution in [0.4, 0.5) is 0 Å². The van der Waals surface area contributed by atoms with Gasteiger partial charge in [-0.1, -0.05) is 18.2 Å². The van der Waals surface area contributed by atoms with Crippen LogP contribution in [0, 0.1) is 0 Å². The minimum atomic E-state index is -0.111. The van der Waals surface area contributed by atoms with Crippen LogP contribution >= 0.6 is 11.3 Å². The standard InChI is InChI=1S/C14H13N5OS/c1-19-13(16-17-18-19)10-4-2-5-11(8-10)14(20)15-9-12-6-3-7-21-12/h2-8H,9H2,1H3,(H,15,20). The maximum absolute atomic E-state index is 12.2. The van der Waals surface area contributed by atoms with E-state index in [1.165, 1.54) is 0 Å². The first kappa shape index (κ1) is 13.4. The Bertz CT molecular complexity index is 750. The number of tetrazole rings is 1. The molecule has 0 bridgehead atoms. The summed E-state index contributed by atoms with van der Waals surface area (Å²) in [5, 5.41) is 16.2. The smallest absolute Gasteiger partial charge is 0.251 e. The fourth-order valence-electron chi connectivity index (χ4n) is 1.96. The van der Waals surface area contributed by atoms with Crippen LogP contribution in [-0.2, 0) is 13.6 Å². The van der Waals surface area contributed by atoms with Crippen LogP contribution in [0.5, 0.6) is 0 Å². The quantitative estimate of drug-likeness (QED) is 0.798. The summed E-state index contributed by atoms with van der Waals surface area (Å²) in [6.07, 6.45) is 0. The van der Waals surface area contributed by atoms with Gasteiger partial charge in [-0.3, -0.25) is 4.79 Å². The number of rotatable bonds is 4. The fraction of sp³-hybridized carbons (Fsp3) is 0.143. The first-order chi connectivity index (χ1) is 10.2. The Morgan fingerprint density at radius 3 is 2.95 bits per heavy atom. The second-order valence-electron chi connectivity index (χ2n) is 4.47. The normalized spacial score (nSPS) is 10.5. The van der Waals surface area contributed by atoms with Crippen molar-refractivity contribution in [2.75, 3.05) is 0 Å². The summed E-state index contributed by atoms with van der Waals surface area (Å²) in [7, 11) is 1.76. The number of hydrogen-bond acceptors (Lipinski definition) is 5. The van der Waals surface area contributed by atoms with Crippen molar-refractivity contribution in [3.8, 4) is 11.4 Å². The van der Waals surface area contributed by atoms with E-state index in [9.17, 15) is 4.79 Å². The maximum Gasteiger partial charge on any atom is 0.251 e. The molecule has 0 radical (unpaired) electrons. The van der Waals surface area contributed by atoms with Crippen molar-refractivity contribution in [2.24, 2.45) is 7.05 Å². The van der Waals surface area contributed by atoms with E-state index < -0.39 is 0 Å². The molecule has 0 atom stereocenters. The molecule has 3 rings (SSSR count). The Labute approximate surface area is 125 Å². The van der Waals surface area contributed by atoms with Crippen LogP contribution in [0.15, 0.2) is 41.8 Å². The minimum absolute atomic E-state index is 0.111. The molecule has 0 saturated carbocycles. The Morgan fingerprint density at radius 1 is 1.33 bits per heavy atom. The Kier molecular flexibility index (Phi) is 3.74. The third-order valence-electron chi connectivity index (χ3n) is 3.01. The number of thiophene rings is 1. The number of nitrogens with one attached hydrogen (secondary N) is 1. The van der Waals surface area contributed by atoms with Crippen molar-refractivity contribution >= 4 is 17.2 Å². The number of benzene rings is 1. The van der Waals surface area contributed by atoms with Crippen LogP contribution in [0.2, 0.25) is 0 Å². The molecule has 0 aliphatic rings. The number of hydrogen-bond donors (Lipinski definition) is 1. The summed E-state index contributed by atoms with van der Waals surface area (Å²) in [6.45, 7) is 0.534. The number of carbonyl (C=O) groups excluding carboxylic acids is 1. The molecule has 0 aliphatic heterocycles. The van der Waals surface area contributed by atoms with Gasteiger partial charge in [0.2, 0.25) is 0 Å². The average molecular weight is 299 g/mol. The third kappa shape index (κ3) is 2.97. The summed E-state index contributed by atoms with van der Waals surface area (Å²) >= 11 is 1.62. The number of aryl methyl sites for hydroxylation is 1. The second-order valence-corrected chi connectivity index (χ2v) is 5.50. The van der Waals surface area contributed by atoms with Crippen molar-refractivity contribution in [3.05, 3.63) is 52.2 Å². The van der Waals surface area contributed by atoms with Gasteiger partial charge in [-0.05, 0) is 34.0 Å². The van der Waals surface area contributed by atoms with Gasteiger partial charge < -0.3 is 5.32 Å². The topological polar surface area (TPSA) is 72.7 Å². The molecule has 1 N–H and O–H groups in total. The molecule has 6 nitrogen and oxygen atoms in total. The van der Waals surface area contributed by atoms with Crippen molar-refractivity contribution < 1.29 is 4.79 Å². The van der Waals surface area contributed by atoms with Gasteiger partial charge in [0, 0.05) is 23.1 Å². The molecule has 0 unspecified atom stereocenters. The van der Waals surface area contributed by atoms with Crippen molar-refractivity contribution in [1.82, 2.24) is 25.5 Å². The Hall–Kier alpha value is -2.54. The van der Waals surface area contributed by atoms with Gasteiger partial charge in [0.05, 0.1) is 6.54 Å². The zero-order chi connectivity index (χ0) is 14.7. The molecule has 1 aromatic carbocycles. The predicted molar refractivity (Wildman–Crippen MR) is 79.7 cm³/mol. The van der Waals surface area contributed by atoms with E-state index in [0.717, 1.165) is 10.4 Å². The fourth-order valence-corrected chi connectivity index (χ4v) is 2.60. The second kappa shape index (κ2) is 5.84. The highest BCUT2D eigenvalue weighted by Gasteiger charge is 2.10. The first-order valence-corrected chi connectivity index (χ1v) is 7.25. The molecule has 2 heterocycles. The van der Waals surface area contributed by atoms with E-state index in [-0.39, 0.29) is 5.91 Å².